The molecule has 0 fully saturated rings. The maximum absolute atomic E-state index is 5.79. The minimum atomic E-state index is 0.290. The number of aromatic nitrogens is 2. The van der Waals surface area contributed by atoms with E-state index < -0.39 is 0 Å². The maximum atomic E-state index is 5.79. The number of rotatable bonds is 3. The number of anilines is 2. The molecule has 0 saturated heterocycles. The van der Waals surface area contributed by atoms with Gasteiger partial charge in [-0.05, 0) is 30.3 Å². The van der Waals surface area contributed by atoms with Crippen molar-refractivity contribution in [3.63, 3.8) is 0 Å². The molecule has 1 aromatic carbocycles. The first-order valence-corrected chi connectivity index (χ1v) is 5.82. The van der Waals surface area contributed by atoms with Crippen LogP contribution in [0.1, 0.15) is 12.5 Å². The zero-order chi connectivity index (χ0) is 12.3. The number of hydrogen-bond acceptors (Lipinski definition) is 2. The Kier molecular flexibility index (Phi) is 3.39. The van der Waals surface area contributed by atoms with E-state index in [-0.39, 0.29) is 5.11 Å². The normalized spacial score (nSPS) is 10.2. The average Bonchev–Trinajstić information content (AvgIpc) is 2.83. The molecule has 0 aliphatic heterocycles. The van der Waals surface area contributed by atoms with Gasteiger partial charge >= 0.3 is 0 Å². The number of thiocarbonyl (C=S) groups is 1. The van der Waals surface area contributed by atoms with Gasteiger partial charge in [0, 0.05) is 12.3 Å². The van der Waals surface area contributed by atoms with Crippen molar-refractivity contribution in [2.24, 2.45) is 5.73 Å². The monoisotopic (exact) mass is 246 g/mol. The second kappa shape index (κ2) is 4.97. The van der Waals surface area contributed by atoms with Crippen LogP contribution >= 0.6 is 12.2 Å². The fourth-order valence-corrected chi connectivity index (χ4v) is 1.95. The van der Waals surface area contributed by atoms with Crippen LogP contribution in [0.3, 0.4) is 0 Å². The third-order valence-electron chi connectivity index (χ3n) is 2.55. The molecule has 17 heavy (non-hydrogen) atoms. The van der Waals surface area contributed by atoms with Crippen LogP contribution in [0.2, 0.25) is 0 Å². The Morgan fingerprint density at radius 3 is 2.76 bits per heavy atom. The van der Waals surface area contributed by atoms with Gasteiger partial charge in [-0.25, -0.2) is 0 Å². The van der Waals surface area contributed by atoms with Crippen LogP contribution in [-0.2, 0) is 6.42 Å². The summed E-state index contributed by atoms with van der Waals surface area (Å²) in [4.78, 5) is 1.77. The van der Waals surface area contributed by atoms with E-state index >= 15 is 0 Å². The van der Waals surface area contributed by atoms with E-state index in [0.29, 0.717) is 5.82 Å². The van der Waals surface area contributed by atoms with E-state index in [1.54, 1.807) is 11.1 Å². The first kappa shape index (κ1) is 11.6. The summed E-state index contributed by atoms with van der Waals surface area (Å²) < 4.78 is 0. The van der Waals surface area contributed by atoms with Crippen LogP contribution in [-0.4, -0.2) is 15.3 Å². The maximum Gasteiger partial charge on any atom is 0.176 e. The molecule has 4 nitrogen and oxygen atoms in total. The average molecular weight is 246 g/mol. The van der Waals surface area contributed by atoms with Crippen LogP contribution in [0, 0.1) is 0 Å². The van der Waals surface area contributed by atoms with Crippen LogP contribution < -0.4 is 10.6 Å². The number of nitrogens with one attached hydrogen (secondary N) is 1. The van der Waals surface area contributed by atoms with Crippen molar-refractivity contribution in [3.8, 4) is 0 Å². The lowest BCUT2D eigenvalue weighted by atomic mass is 10.1. The third-order valence-corrected chi connectivity index (χ3v) is 2.73. The predicted octanol–water partition coefficient (Wildman–Crippen LogP) is 2.35. The Bertz CT molecular complexity index is 507. The molecule has 3 N–H and O–H groups in total. The number of aromatic amines is 1. The molecule has 1 heterocycles. The lowest BCUT2D eigenvalue weighted by molar-refractivity contribution is 1.06. The summed E-state index contributed by atoms with van der Waals surface area (Å²) in [5.41, 5.74) is 7.95. The largest absolute Gasteiger partial charge is 0.376 e. The molecule has 2 rings (SSSR count). The molecular weight excluding hydrogens is 232 g/mol. The zero-order valence-electron chi connectivity index (χ0n) is 9.55. The van der Waals surface area contributed by atoms with Gasteiger partial charge in [-0.15, -0.1) is 0 Å². The summed E-state index contributed by atoms with van der Waals surface area (Å²) in [5.74, 6) is 0.707. The third kappa shape index (κ3) is 2.29. The Morgan fingerprint density at radius 2 is 2.18 bits per heavy atom. The van der Waals surface area contributed by atoms with Crippen molar-refractivity contribution in [2.75, 3.05) is 4.90 Å². The van der Waals surface area contributed by atoms with Crippen molar-refractivity contribution in [3.05, 3.63) is 42.1 Å². The number of benzene rings is 1. The number of aryl methyl sites for hydroxylation is 1. The van der Waals surface area contributed by atoms with Gasteiger partial charge in [-0.3, -0.25) is 10.00 Å². The second-order valence-electron chi connectivity index (χ2n) is 3.59. The van der Waals surface area contributed by atoms with Crippen molar-refractivity contribution >= 4 is 28.8 Å². The second-order valence-corrected chi connectivity index (χ2v) is 4.01. The summed E-state index contributed by atoms with van der Waals surface area (Å²) in [6.45, 7) is 2.10. The Hall–Kier alpha value is -1.88. The topological polar surface area (TPSA) is 57.9 Å². The molecule has 88 valence electrons. The molecule has 1 aromatic heterocycles. The highest BCUT2D eigenvalue weighted by Crippen LogP contribution is 2.27. The highest BCUT2D eigenvalue weighted by Gasteiger charge is 2.16. The molecule has 5 heteroatoms. The molecular formula is C12H14N4S. The molecule has 0 aliphatic rings. The van der Waals surface area contributed by atoms with Crippen molar-refractivity contribution in [1.82, 2.24) is 10.2 Å². The standard InChI is InChI=1S/C12H14N4S/c1-2-9-5-3-4-6-10(9)16(12(13)17)11-7-8-14-15-11/h3-8H,2H2,1H3,(H2,13,17)(H,14,15). The van der Waals surface area contributed by atoms with Gasteiger partial charge < -0.3 is 5.73 Å². The smallest absolute Gasteiger partial charge is 0.176 e. The fourth-order valence-electron chi connectivity index (χ4n) is 1.76. The lowest BCUT2D eigenvalue weighted by Gasteiger charge is -2.22. The van der Waals surface area contributed by atoms with E-state index in [0.717, 1.165) is 12.1 Å². The highest BCUT2D eigenvalue weighted by molar-refractivity contribution is 7.80. The van der Waals surface area contributed by atoms with E-state index in [2.05, 4.69) is 23.2 Å². The number of para-hydroxylation sites is 1. The quantitative estimate of drug-likeness (QED) is 0.816. The molecule has 0 aliphatic carbocycles. The van der Waals surface area contributed by atoms with Gasteiger partial charge in [-0.1, -0.05) is 25.1 Å². The summed E-state index contributed by atoms with van der Waals surface area (Å²) in [6.07, 6.45) is 2.66. The van der Waals surface area contributed by atoms with Crippen molar-refractivity contribution < 1.29 is 0 Å². The number of hydrogen-bond donors (Lipinski definition) is 2. The SMILES string of the molecule is CCc1ccccc1N(C(N)=S)c1cc[nH]n1. The van der Waals surface area contributed by atoms with Gasteiger partial charge in [0.25, 0.3) is 0 Å². The molecule has 0 unspecified atom stereocenters. The van der Waals surface area contributed by atoms with Crippen LogP contribution in [0.5, 0.6) is 0 Å². The van der Waals surface area contributed by atoms with Gasteiger partial charge in [0.15, 0.2) is 10.9 Å². The fraction of sp³-hybridized carbons (Fsp3) is 0.167. The van der Waals surface area contributed by atoms with Crippen LogP contribution in [0.4, 0.5) is 11.5 Å². The molecule has 0 saturated carbocycles. The molecule has 2 aromatic rings. The molecule has 0 atom stereocenters. The van der Waals surface area contributed by atoms with Crippen LogP contribution in [0.25, 0.3) is 0 Å². The summed E-state index contributed by atoms with van der Waals surface area (Å²) in [6, 6.07) is 9.86. The molecule has 0 radical (unpaired) electrons. The van der Waals surface area contributed by atoms with E-state index in [4.69, 9.17) is 18.0 Å². The predicted molar refractivity (Wildman–Crippen MR) is 73.3 cm³/mol. The van der Waals surface area contributed by atoms with E-state index in [1.165, 1.54) is 5.56 Å². The van der Waals surface area contributed by atoms with Gasteiger partial charge in [0.2, 0.25) is 0 Å². The Balaban J connectivity index is 2.50. The zero-order valence-corrected chi connectivity index (χ0v) is 10.4. The molecule has 0 spiro atoms. The summed E-state index contributed by atoms with van der Waals surface area (Å²) in [5, 5.41) is 7.18. The minimum absolute atomic E-state index is 0.290. The number of nitrogens with zero attached hydrogens (tertiary/aromatic N) is 2. The van der Waals surface area contributed by atoms with Gasteiger partial charge in [0.05, 0.1) is 5.69 Å². The van der Waals surface area contributed by atoms with E-state index in [1.807, 2.05) is 24.3 Å². The van der Waals surface area contributed by atoms with Crippen molar-refractivity contribution in [2.45, 2.75) is 13.3 Å². The minimum Gasteiger partial charge on any atom is -0.376 e. The molecule has 0 amide bonds. The first-order valence-electron chi connectivity index (χ1n) is 5.41. The van der Waals surface area contributed by atoms with Crippen LogP contribution in [0.15, 0.2) is 36.5 Å². The first-order chi connectivity index (χ1) is 8.24. The van der Waals surface area contributed by atoms with Crippen molar-refractivity contribution in [1.29, 1.82) is 0 Å². The summed E-state index contributed by atoms with van der Waals surface area (Å²) in [7, 11) is 0. The van der Waals surface area contributed by atoms with Gasteiger partial charge in [0.1, 0.15) is 0 Å². The lowest BCUT2D eigenvalue weighted by Crippen LogP contribution is -2.32. The Labute approximate surface area is 105 Å². The van der Waals surface area contributed by atoms with E-state index in [9.17, 15) is 0 Å². The number of H-pyrrole nitrogens is 1. The van der Waals surface area contributed by atoms with Gasteiger partial charge in [-0.2, -0.15) is 5.10 Å². The Morgan fingerprint density at radius 1 is 1.41 bits per heavy atom. The number of nitrogens with two attached hydrogens (primary N) is 1. The summed E-state index contributed by atoms with van der Waals surface area (Å²) >= 11 is 5.10. The highest BCUT2D eigenvalue weighted by atomic mass is 32.1. The molecule has 0 bridgehead atoms.